The standard InChI is InChI=1S/C17H33NO5/c1-5-7-8-13(6-2)11-23-14(20)9-10-18-16(22)15(21)17(3,4)12-19/h13,15,19,21H,5-12H2,1-4H3,(H,18,22). The molecule has 0 spiro atoms. The van der Waals surface area contributed by atoms with Crippen LogP contribution in [-0.2, 0) is 14.3 Å². The van der Waals surface area contributed by atoms with Crippen molar-refractivity contribution in [2.24, 2.45) is 11.3 Å². The lowest BCUT2D eigenvalue weighted by atomic mass is 9.87. The molecule has 0 heterocycles. The van der Waals surface area contributed by atoms with E-state index < -0.39 is 17.4 Å². The van der Waals surface area contributed by atoms with Crippen molar-refractivity contribution in [1.29, 1.82) is 0 Å². The summed E-state index contributed by atoms with van der Waals surface area (Å²) in [5.74, 6) is -0.553. The Morgan fingerprint density at radius 1 is 1.26 bits per heavy atom. The van der Waals surface area contributed by atoms with Crippen LogP contribution in [-0.4, -0.2) is 48.0 Å². The molecule has 0 rings (SSSR count). The summed E-state index contributed by atoms with van der Waals surface area (Å²) in [5.41, 5.74) is -0.918. The van der Waals surface area contributed by atoms with E-state index in [4.69, 9.17) is 9.84 Å². The molecule has 2 atom stereocenters. The average Bonchev–Trinajstić information content (AvgIpc) is 2.54. The van der Waals surface area contributed by atoms with Crippen LogP contribution in [0.4, 0.5) is 0 Å². The number of aliphatic hydroxyl groups is 2. The van der Waals surface area contributed by atoms with Crippen molar-refractivity contribution in [3.8, 4) is 0 Å². The Balaban J connectivity index is 4.00. The van der Waals surface area contributed by atoms with E-state index in [0.717, 1.165) is 25.7 Å². The van der Waals surface area contributed by atoms with E-state index in [2.05, 4.69) is 19.2 Å². The fourth-order valence-electron chi connectivity index (χ4n) is 2.01. The van der Waals surface area contributed by atoms with Gasteiger partial charge in [0.05, 0.1) is 19.6 Å². The number of esters is 1. The third kappa shape index (κ3) is 8.91. The normalized spacial score (nSPS) is 14.2. The number of carbonyl (C=O) groups excluding carboxylic acids is 2. The molecule has 1 amide bonds. The number of unbranched alkanes of at least 4 members (excludes halogenated alkanes) is 1. The zero-order chi connectivity index (χ0) is 17.9. The number of carbonyl (C=O) groups is 2. The summed E-state index contributed by atoms with van der Waals surface area (Å²) >= 11 is 0. The molecule has 0 fully saturated rings. The van der Waals surface area contributed by atoms with Crippen molar-refractivity contribution in [3.63, 3.8) is 0 Å². The minimum Gasteiger partial charge on any atom is -0.465 e. The highest BCUT2D eigenvalue weighted by Gasteiger charge is 2.32. The van der Waals surface area contributed by atoms with Gasteiger partial charge in [0.25, 0.3) is 0 Å². The molecule has 6 nitrogen and oxygen atoms in total. The first-order valence-corrected chi connectivity index (χ1v) is 8.50. The zero-order valence-corrected chi connectivity index (χ0v) is 14.9. The number of nitrogens with one attached hydrogen (secondary N) is 1. The molecular weight excluding hydrogens is 298 g/mol. The van der Waals surface area contributed by atoms with E-state index in [-0.39, 0.29) is 25.5 Å². The van der Waals surface area contributed by atoms with Crippen LogP contribution in [0.5, 0.6) is 0 Å². The quantitative estimate of drug-likeness (QED) is 0.472. The first kappa shape index (κ1) is 21.9. The van der Waals surface area contributed by atoms with Gasteiger partial charge in [-0.15, -0.1) is 0 Å². The molecule has 0 aromatic carbocycles. The molecule has 0 aromatic heterocycles. The minimum atomic E-state index is -1.32. The Labute approximate surface area is 139 Å². The molecular formula is C17H33NO5. The molecule has 0 aliphatic heterocycles. The molecule has 0 radical (unpaired) electrons. The molecule has 0 aliphatic rings. The number of rotatable bonds is 12. The number of hydrogen-bond acceptors (Lipinski definition) is 5. The van der Waals surface area contributed by atoms with Gasteiger partial charge in [0, 0.05) is 12.0 Å². The number of amides is 1. The monoisotopic (exact) mass is 331 g/mol. The molecule has 0 saturated carbocycles. The maximum atomic E-state index is 11.7. The zero-order valence-electron chi connectivity index (χ0n) is 14.9. The van der Waals surface area contributed by atoms with Crippen molar-refractivity contribution in [2.75, 3.05) is 19.8 Å². The van der Waals surface area contributed by atoms with Crippen molar-refractivity contribution >= 4 is 11.9 Å². The molecule has 3 N–H and O–H groups in total. The Kier molecular flexibility index (Phi) is 10.8. The van der Waals surface area contributed by atoms with Gasteiger partial charge >= 0.3 is 5.97 Å². The van der Waals surface area contributed by atoms with Gasteiger partial charge < -0.3 is 20.3 Å². The van der Waals surface area contributed by atoms with Crippen LogP contribution in [0.25, 0.3) is 0 Å². The van der Waals surface area contributed by atoms with Gasteiger partial charge in [-0.25, -0.2) is 0 Å². The molecule has 0 saturated heterocycles. The minimum absolute atomic E-state index is 0.0717. The average molecular weight is 331 g/mol. The summed E-state index contributed by atoms with van der Waals surface area (Å²) in [7, 11) is 0. The maximum absolute atomic E-state index is 11.7. The van der Waals surface area contributed by atoms with Gasteiger partial charge in [-0.2, -0.15) is 0 Å². The van der Waals surface area contributed by atoms with Crippen LogP contribution in [0.3, 0.4) is 0 Å². The summed E-state index contributed by atoms with van der Waals surface area (Å²) in [6, 6.07) is 0. The van der Waals surface area contributed by atoms with Crippen molar-refractivity contribution < 1.29 is 24.5 Å². The second-order valence-corrected chi connectivity index (χ2v) is 6.69. The van der Waals surface area contributed by atoms with Gasteiger partial charge in [0.1, 0.15) is 6.10 Å². The lowest BCUT2D eigenvalue weighted by molar-refractivity contribution is -0.145. The van der Waals surface area contributed by atoms with Gasteiger partial charge in [-0.3, -0.25) is 9.59 Å². The van der Waals surface area contributed by atoms with E-state index in [0.29, 0.717) is 12.5 Å². The summed E-state index contributed by atoms with van der Waals surface area (Å²) < 4.78 is 5.23. The lowest BCUT2D eigenvalue weighted by Crippen LogP contribution is -2.46. The van der Waals surface area contributed by atoms with E-state index in [1.54, 1.807) is 13.8 Å². The molecule has 6 heteroatoms. The summed E-state index contributed by atoms with van der Waals surface area (Å²) in [6.07, 6.45) is 3.05. The topological polar surface area (TPSA) is 95.9 Å². The van der Waals surface area contributed by atoms with E-state index in [9.17, 15) is 14.7 Å². The van der Waals surface area contributed by atoms with Crippen LogP contribution in [0.1, 0.15) is 59.8 Å². The van der Waals surface area contributed by atoms with Crippen molar-refractivity contribution in [2.45, 2.75) is 65.9 Å². The molecule has 136 valence electrons. The Morgan fingerprint density at radius 3 is 2.43 bits per heavy atom. The smallest absolute Gasteiger partial charge is 0.307 e. The second kappa shape index (κ2) is 11.4. The Bertz CT molecular complexity index is 357. The first-order chi connectivity index (χ1) is 10.8. The Hall–Kier alpha value is -1.14. The highest BCUT2D eigenvalue weighted by molar-refractivity contribution is 5.81. The largest absolute Gasteiger partial charge is 0.465 e. The van der Waals surface area contributed by atoms with Gasteiger partial charge in [0.15, 0.2) is 0 Å². The van der Waals surface area contributed by atoms with Crippen LogP contribution < -0.4 is 5.32 Å². The van der Waals surface area contributed by atoms with Crippen molar-refractivity contribution in [1.82, 2.24) is 5.32 Å². The first-order valence-electron chi connectivity index (χ1n) is 8.50. The van der Waals surface area contributed by atoms with Crippen LogP contribution in [0, 0.1) is 11.3 Å². The summed E-state index contributed by atoms with van der Waals surface area (Å²) in [5, 5.41) is 21.4. The van der Waals surface area contributed by atoms with E-state index in [1.165, 1.54) is 0 Å². The third-order valence-corrected chi connectivity index (χ3v) is 4.05. The maximum Gasteiger partial charge on any atom is 0.307 e. The van der Waals surface area contributed by atoms with Gasteiger partial charge in [0.2, 0.25) is 5.91 Å². The predicted molar refractivity (Wildman–Crippen MR) is 88.8 cm³/mol. The highest BCUT2D eigenvalue weighted by Crippen LogP contribution is 2.19. The number of ether oxygens (including phenoxy) is 1. The van der Waals surface area contributed by atoms with E-state index >= 15 is 0 Å². The molecule has 0 aromatic rings. The van der Waals surface area contributed by atoms with Crippen LogP contribution >= 0.6 is 0 Å². The third-order valence-electron chi connectivity index (χ3n) is 4.05. The SMILES string of the molecule is CCCCC(CC)COC(=O)CCNC(=O)C(O)C(C)(C)CO. The number of hydrogen-bond donors (Lipinski definition) is 3. The molecule has 0 bridgehead atoms. The highest BCUT2D eigenvalue weighted by atomic mass is 16.5. The van der Waals surface area contributed by atoms with Crippen molar-refractivity contribution in [3.05, 3.63) is 0 Å². The summed E-state index contributed by atoms with van der Waals surface area (Å²) in [4.78, 5) is 23.4. The number of aliphatic hydroxyl groups excluding tert-OH is 2. The lowest BCUT2D eigenvalue weighted by Gasteiger charge is -2.27. The second-order valence-electron chi connectivity index (χ2n) is 6.69. The van der Waals surface area contributed by atoms with Gasteiger partial charge in [-0.05, 0) is 12.3 Å². The Morgan fingerprint density at radius 2 is 1.91 bits per heavy atom. The predicted octanol–water partition coefficient (Wildman–Crippen LogP) is 1.63. The fourth-order valence-corrected chi connectivity index (χ4v) is 2.01. The fraction of sp³-hybridized carbons (Fsp3) is 0.882. The molecule has 0 aliphatic carbocycles. The van der Waals surface area contributed by atoms with Crippen LogP contribution in [0.2, 0.25) is 0 Å². The van der Waals surface area contributed by atoms with Gasteiger partial charge in [-0.1, -0.05) is 47.0 Å². The summed E-state index contributed by atoms with van der Waals surface area (Å²) in [6.45, 7) is 7.62. The molecule has 2 unspecified atom stereocenters. The van der Waals surface area contributed by atoms with E-state index in [1.807, 2.05) is 0 Å². The molecule has 23 heavy (non-hydrogen) atoms. The van der Waals surface area contributed by atoms with Crippen LogP contribution in [0.15, 0.2) is 0 Å².